The van der Waals surface area contributed by atoms with Crippen molar-refractivity contribution in [2.24, 2.45) is 0 Å². The van der Waals surface area contributed by atoms with Crippen LogP contribution in [-0.4, -0.2) is 40.4 Å². The van der Waals surface area contributed by atoms with Crippen LogP contribution in [0.1, 0.15) is 0 Å². The summed E-state index contributed by atoms with van der Waals surface area (Å²) in [7, 11) is -3.20. The summed E-state index contributed by atoms with van der Waals surface area (Å²) in [6.45, 7) is 0.742. The van der Waals surface area contributed by atoms with Crippen LogP contribution in [0.3, 0.4) is 0 Å². The second-order valence-corrected chi connectivity index (χ2v) is 5.92. The van der Waals surface area contributed by atoms with Gasteiger partial charge in [-0.15, -0.1) is 6.42 Å². The van der Waals surface area contributed by atoms with Crippen LogP contribution >= 0.6 is 0 Å². The fraction of sp³-hybridized carbons (Fsp3) is 0.308. The van der Waals surface area contributed by atoms with Crippen molar-refractivity contribution in [2.75, 3.05) is 26.0 Å². The van der Waals surface area contributed by atoms with Crippen LogP contribution in [0.4, 0.5) is 4.79 Å². The number of terminal acetylenes is 1. The normalized spacial score (nSPS) is 10.4. The number of urea groups is 1. The highest BCUT2D eigenvalue weighted by Gasteiger charge is 2.06. The van der Waals surface area contributed by atoms with Crippen molar-refractivity contribution in [3.8, 4) is 18.1 Å². The van der Waals surface area contributed by atoms with Gasteiger partial charge in [-0.25, -0.2) is 13.2 Å². The highest BCUT2D eigenvalue weighted by atomic mass is 32.2. The van der Waals surface area contributed by atoms with Crippen molar-refractivity contribution in [1.29, 1.82) is 0 Å². The molecule has 6 nitrogen and oxygen atoms in total. The predicted octanol–water partition coefficient (Wildman–Crippen LogP) is 0.401. The largest absolute Gasteiger partial charge is 0.492 e. The van der Waals surface area contributed by atoms with Crippen LogP contribution in [0.2, 0.25) is 0 Å². The zero-order chi connectivity index (χ0) is 15.0. The smallest absolute Gasteiger partial charge is 0.315 e. The van der Waals surface area contributed by atoms with Crippen LogP contribution < -0.4 is 15.4 Å². The third-order valence-corrected chi connectivity index (χ3v) is 3.39. The van der Waals surface area contributed by atoms with Crippen molar-refractivity contribution in [2.45, 2.75) is 4.90 Å². The van der Waals surface area contributed by atoms with Gasteiger partial charge in [0, 0.05) is 6.26 Å². The van der Waals surface area contributed by atoms with Gasteiger partial charge in [-0.1, -0.05) is 5.92 Å². The number of rotatable bonds is 6. The first-order valence-electron chi connectivity index (χ1n) is 5.81. The molecule has 0 unspecified atom stereocenters. The molecule has 1 aromatic carbocycles. The molecule has 0 radical (unpaired) electrons. The van der Waals surface area contributed by atoms with E-state index < -0.39 is 9.84 Å². The molecule has 0 fully saturated rings. The van der Waals surface area contributed by atoms with Gasteiger partial charge in [-0.3, -0.25) is 0 Å². The number of amides is 2. The maximum absolute atomic E-state index is 11.3. The van der Waals surface area contributed by atoms with Gasteiger partial charge >= 0.3 is 6.03 Å². The van der Waals surface area contributed by atoms with Crippen LogP contribution in [0.5, 0.6) is 5.75 Å². The average Bonchev–Trinajstić information content (AvgIpc) is 2.41. The Hall–Kier alpha value is -2.20. The van der Waals surface area contributed by atoms with Gasteiger partial charge < -0.3 is 15.4 Å². The summed E-state index contributed by atoms with van der Waals surface area (Å²) in [5.74, 6) is 2.81. The fourth-order valence-corrected chi connectivity index (χ4v) is 1.94. The molecule has 0 aliphatic carbocycles. The minimum atomic E-state index is -3.20. The van der Waals surface area contributed by atoms with Crippen LogP contribution in [-0.2, 0) is 9.84 Å². The molecule has 0 bridgehead atoms. The molecule has 1 aromatic rings. The lowest BCUT2D eigenvalue weighted by Crippen LogP contribution is -2.37. The van der Waals surface area contributed by atoms with Crippen LogP contribution in [0.15, 0.2) is 29.2 Å². The molecular formula is C13H16N2O4S. The Labute approximate surface area is 118 Å². The van der Waals surface area contributed by atoms with Crippen molar-refractivity contribution in [3.63, 3.8) is 0 Å². The molecule has 0 heterocycles. The molecular weight excluding hydrogens is 280 g/mol. The van der Waals surface area contributed by atoms with Gasteiger partial charge in [0.1, 0.15) is 12.4 Å². The van der Waals surface area contributed by atoms with Gasteiger partial charge in [0.2, 0.25) is 0 Å². The zero-order valence-electron chi connectivity index (χ0n) is 11.0. The molecule has 1 rings (SSSR count). The Morgan fingerprint density at radius 1 is 1.30 bits per heavy atom. The standard InChI is InChI=1S/C13H16N2O4S/c1-3-8-14-13(16)15-9-10-19-11-4-6-12(7-5-11)20(2,17)18/h1,4-7H,8-10H2,2H3,(H2,14,15,16). The van der Waals surface area contributed by atoms with E-state index >= 15 is 0 Å². The number of sulfone groups is 1. The Morgan fingerprint density at radius 2 is 1.95 bits per heavy atom. The highest BCUT2D eigenvalue weighted by molar-refractivity contribution is 7.90. The summed E-state index contributed by atoms with van der Waals surface area (Å²) >= 11 is 0. The molecule has 108 valence electrons. The SMILES string of the molecule is C#CCNC(=O)NCCOc1ccc(S(C)(=O)=O)cc1. The van der Waals surface area contributed by atoms with Crippen molar-refractivity contribution >= 4 is 15.9 Å². The van der Waals surface area contributed by atoms with Crippen LogP contribution in [0.25, 0.3) is 0 Å². The number of nitrogens with one attached hydrogen (secondary N) is 2. The number of benzene rings is 1. The quantitative estimate of drug-likeness (QED) is 0.588. The van der Waals surface area contributed by atoms with Gasteiger partial charge in [-0.05, 0) is 24.3 Å². The molecule has 0 aliphatic heterocycles. The summed E-state index contributed by atoms with van der Waals surface area (Å²) in [6.07, 6.45) is 6.13. The number of hydrogen-bond acceptors (Lipinski definition) is 4. The third kappa shape index (κ3) is 5.63. The zero-order valence-corrected chi connectivity index (χ0v) is 11.9. The molecule has 2 N–H and O–H groups in total. The highest BCUT2D eigenvalue weighted by Crippen LogP contribution is 2.15. The van der Waals surface area contributed by atoms with E-state index in [1.165, 1.54) is 12.1 Å². The molecule has 2 amide bonds. The van der Waals surface area contributed by atoms with E-state index in [9.17, 15) is 13.2 Å². The first-order chi connectivity index (χ1) is 9.43. The van der Waals surface area contributed by atoms with Crippen LogP contribution in [0, 0.1) is 12.3 Å². The monoisotopic (exact) mass is 296 g/mol. The molecule has 0 saturated heterocycles. The van der Waals surface area contributed by atoms with Crippen molar-refractivity contribution in [3.05, 3.63) is 24.3 Å². The topological polar surface area (TPSA) is 84.5 Å². The van der Waals surface area contributed by atoms with Crippen molar-refractivity contribution in [1.82, 2.24) is 10.6 Å². The van der Waals surface area contributed by atoms with Gasteiger partial charge in [0.05, 0.1) is 18.0 Å². The molecule has 20 heavy (non-hydrogen) atoms. The van der Waals surface area contributed by atoms with E-state index in [0.717, 1.165) is 6.26 Å². The number of hydrogen-bond donors (Lipinski definition) is 2. The Morgan fingerprint density at radius 3 is 2.50 bits per heavy atom. The molecule has 7 heteroatoms. The summed E-state index contributed by atoms with van der Waals surface area (Å²) in [4.78, 5) is 11.4. The van der Waals surface area contributed by atoms with E-state index in [-0.39, 0.29) is 24.1 Å². The second-order valence-electron chi connectivity index (χ2n) is 3.91. The lowest BCUT2D eigenvalue weighted by atomic mass is 10.3. The summed E-state index contributed by atoms with van der Waals surface area (Å²) < 4.78 is 27.9. The molecule has 0 aromatic heterocycles. The average molecular weight is 296 g/mol. The van der Waals surface area contributed by atoms with E-state index in [0.29, 0.717) is 12.3 Å². The maximum Gasteiger partial charge on any atom is 0.315 e. The van der Waals surface area contributed by atoms with Gasteiger partial charge in [0.25, 0.3) is 0 Å². The number of carbonyl (C=O) groups is 1. The summed E-state index contributed by atoms with van der Waals surface area (Å²) in [6, 6.07) is 5.71. The maximum atomic E-state index is 11.3. The molecule has 0 atom stereocenters. The van der Waals surface area contributed by atoms with Crippen molar-refractivity contribution < 1.29 is 17.9 Å². The lowest BCUT2D eigenvalue weighted by molar-refractivity contribution is 0.237. The number of carbonyl (C=O) groups excluding carboxylic acids is 1. The fourth-order valence-electron chi connectivity index (χ4n) is 1.31. The Kier molecular flexibility index (Phi) is 5.87. The first-order valence-corrected chi connectivity index (χ1v) is 7.70. The Bertz CT molecular complexity index is 588. The van der Waals surface area contributed by atoms with E-state index in [1.54, 1.807) is 12.1 Å². The predicted molar refractivity (Wildman–Crippen MR) is 75.3 cm³/mol. The minimum absolute atomic E-state index is 0.166. The number of ether oxygens (including phenoxy) is 1. The molecule has 0 saturated carbocycles. The van der Waals surface area contributed by atoms with E-state index in [2.05, 4.69) is 16.6 Å². The second kappa shape index (κ2) is 7.40. The van der Waals surface area contributed by atoms with Gasteiger partial charge in [-0.2, -0.15) is 0 Å². The van der Waals surface area contributed by atoms with Gasteiger partial charge in [0.15, 0.2) is 9.84 Å². The molecule has 0 spiro atoms. The molecule has 0 aliphatic rings. The first kappa shape index (κ1) is 15.9. The summed E-state index contributed by atoms with van der Waals surface area (Å²) in [5, 5.41) is 5.00. The Balaban J connectivity index is 2.33. The van der Waals surface area contributed by atoms with E-state index in [1.807, 2.05) is 0 Å². The lowest BCUT2D eigenvalue weighted by Gasteiger charge is -2.08. The van der Waals surface area contributed by atoms with E-state index in [4.69, 9.17) is 11.2 Å². The third-order valence-electron chi connectivity index (χ3n) is 2.26. The summed E-state index contributed by atoms with van der Waals surface area (Å²) in [5.41, 5.74) is 0. The minimum Gasteiger partial charge on any atom is -0.492 e.